The summed E-state index contributed by atoms with van der Waals surface area (Å²) < 4.78 is 5.89. The molecule has 0 atom stereocenters. The van der Waals surface area contributed by atoms with Crippen LogP contribution in [0.2, 0.25) is 0 Å². The third kappa shape index (κ3) is 1.98. The number of hydrogen-bond acceptors (Lipinski definition) is 4. The average Bonchev–Trinajstić information content (AvgIpc) is 2.49. The Morgan fingerprint density at radius 3 is 2.16 bits per heavy atom. The minimum absolute atomic E-state index is 0.0301. The van der Waals surface area contributed by atoms with Crippen LogP contribution in [-0.2, 0) is 14.9 Å². The Balaban J connectivity index is 1.85. The van der Waals surface area contributed by atoms with E-state index in [0.29, 0.717) is 0 Å². The summed E-state index contributed by atoms with van der Waals surface area (Å²) in [6.45, 7) is 0. The first-order valence-corrected chi connectivity index (χ1v) is 7.46. The molecule has 0 spiro atoms. The Labute approximate surface area is 121 Å². The van der Waals surface area contributed by atoms with Gasteiger partial charge in [0.15, 0.2) is 0 Å². The van der Waals surface area contributed by atoms with Crippen LogP contribution >= 0.6 is 15.9 Å². The minimum Gasteiger partial charge on any atom is -0.469 e. The number of aromatic nitrogens is 2. The van der Waals surface area contributed by atoms with Gasteiger partial charge in [-0.2, -0.15) is 0 Å². The van der Waals surface area contributed by atoms with E-state index in [1.165, 1.54) is 7.11 Å². The third-order valence-electron chi connectivity index (χ3n) is 4.96. The van der Waals surface area contributed by atoms with Crippen molar-refractivity contribution >= 4 is 21.9 Å². The molecule has 5 heteroatoms. The van der Waals surface area contributed by atoms with Gasteiger partial charge in [-0.3, -0.25) is 4.79 Å². The second-order valence-electron chi connectivity index (χ2n) is 5.78. The lowest BCUT2D eigenvalue weighted by Crippen LogP contribution is -2.49. The number of carbonyl (C=O) groups is 1. The molecule has 3 fully saturated rings. The highest BCUT2D eigenvalue weighted by Gasteiger charge is 2.54. The maximum Gasteiger partial charge on any atom is 0.311 e. The van der Waals surface area contributed by atoms with Gasteiger partial charge in [0, 0.05) is 17.8 Å². The van der Waals surface area contributed by atoms with Gasteiger partial charge in [-0.15, -0.1) is 0 Å². The number of nitrogens with zero attached hydrogens (tertiary/aromatic N) is 2. The summed E-state index contributed by atoms with van der Waals surface area (Å²) in [6, 6.07) is 0. The molecule has 0 N–H and O–H groups in total. The van der Waals surface area contributed by atoms with E-state index in [9.17, 15) is 4.79 Å². The fourth-order valence-corrected chi connectivity index (χ4v) is 3.83. The van der Waals surface area contributed by atoms with Crippen molar-refractivity contribution < 1.29 is 9.53 Å². The van der Waals surface area contributed by atoms with Crippen molar-refractivity contribution in [2.24, 2.45) is 5.41 Å². The first-order valence-electron chi connectivity index (χ1n) is 6.67. The molecule has 0 unspecified atom stereocenters. The first kappa shape index (κ1) is 13.0. The molecule has 0 aliphatic heterocycles. The lowest BCUT2D eigenvalue weighted by molar-refractivity contribution is -0.160. The van der Waals surface area contributed by atoms with Crippen LogP contribution in [0.5, 0.6) is 0 Å². The second kappa shape index (κ2) is 4.54. The van der Waals surface area contributed by atoms with E-state index in [0.717, 1.165) is 48.8 Å². The quantitative estimate of drug-likeness (QED) is 0.785. The number of esters is 1. The largest absolute Gasteiger partial charge is 0.469 e. The number of hydrogen-bond donors (Lipinski definition) is 0. The SMILES string of the molecule is COC(=O)C12CCC(c3ncc(Br)cn3)(CC1)CC2. The molecule has 3 aliphatic rings. The van der Waals surface area contributed by atoms with Gasteiger partial charge in [-0.05, 0) is 54.5 Å². The maximum absolute atomic E-state index is 12.0. The molecule has 0 aromatic carbocycles. The predicted octanol–water partition coefficient (Wildman–Crippen LogP) is 3.00. The smallest absolute Gasteiger partial charge is 0.311 e. The number of fused-ring (bicyclic) bond motifs is 3. The molecule has 4 nitrogen and oxygen atoms in total. The number of carbonyl (C=O) groups excluding carboxylic acids is 1. The molecule has 1 heterocycles. The Morgan fingerprint density at radius 2 is 1.68 bits per heavy atom. The fourth-order valence-electron chi connectivity index (χ4n) is 3.63. The molecule has 4 rings (SSSR count). The standard InChI is InChI=1S/C14H17BrN2O2/c1-19-12(18)14-5-2-13(3-6-14,4-7-14)11-16-8-10(15)9-17-11/h8-9H,2-7H2,1H3. The Kier molecular flexibility index (Phi) is 3.12. The van der Waals surface area contributed by atoms with Crippen molar-refractivity contribution in [3.8, 4) is 0 Å². The molecule has 1 aromatic heterocycles. The van der Waals surface area contributed by atoms with Crippen LogP contribution in [0, 0.1) is 5.41 Å². The van der Waals surface area contributed by atoms with Crippen LogP contribution in [0.1, 0.15) is 44.3 Å². The van der Waals surface area contributed by atoms with Crippen molar-refractivity contribution in [3.63, 3.8) is 0 Å². The number of rotatable bonds is 2. The van der Waals surface area contributed by atoms with Crippen molar-refractivity contribution in [2.45, 2.75) is 43.9 Å². The van der Waals surface area contributed by atoms with Gasteiger partial charge in [-0.25, -0.2) is 9.97 Å². The number of ether oxygens (including phenoxy) is 1. The van der Waals surface area contributed by atoms with E-state index in [-0.39, 0.29) is 16.8 Å². The van der Waals surface area contributed by atoms with Crippen LogP contribution in [0.15, 0.2) is 16.9 Å². The molecule has 3 aliphatic carbocycles. The highest BCUT2D eigenvalue weighted by atomic mass is 79.9. The van der Waals surface area contributed by atoms with Gasteiger partial charge in [0.05, 0.1) is 17.0 Å². The summed E-state index contributed by atoms with van der Waals surface area (Å²) in [5.74, 6) is 0.909. The molecule has 0 radical (unpaired) electrons. The average molecular weight is 325 g/mol. The van der Waals surface area contributed by atoms with Gasteiger partial charge >= 0.3 is 5.97 Å². The number of methoxy groups -OCH3 is 1. The van der Waals surface area contributed by atoms with E-state index in [4.69, 9.17) is 4.74 Å². The second-order valence-corrected chi connectivity index (χ2v) is 6.69. The van der Waals surface area contributed by atoms with Crippen LogP contribution in [-0.4, -0.2) is 23.0 Å². The van der Waals surface area contributed by atoms with Gasteiger partial charge in [-0.1, -0.05) is 0 Å². The summed E-state index contributed by atoms with van der Waals surface area (Å²) in [4.78, 5) is 20.9. The predicted molar refractivity (Wildman–Crippen MR) is 73.6 cm³/mol. The first-order chi connectivity index (χ1) is 9.10. The molecule has 1 aromatic rings. The van der Waals surface area contributed by atoms with Crippen molar-refractivity contribution in [1.29, 1.82) is 0 Å². The zero-order valence-corrected chi connectivity index (χ0v) is 12.6. The highest BCUT2D eigenvalue weighted by molar-refractivity contribution is 9.10. The van der Waals surface area contributed by atoms with E-state index in [2.05, 4.69) is 25.9 Å². The monoisotopic (exact) mass is 324 g/mol. The zero-order valence-electron chi connectivity index (χ0n) is 11.0. The molecule has 0 saturated heterocycles. The Bertz CT molecular complexity index is 476. The summed E-state index contributed by atoms with van der Waals surface area (Å²) in [5.41, 5.74) is -0.150. The molecule has 3 saturated carbocycles. The minimum atomic E-state index is -0.230. The van der Waals surface area contributed by atoms with E-state index >= 15 is 0 Å². The molecule has 102 valence electrons. The van der Waals surface area contributed by atoms with Crippen molar-refractivity contribution in [3.05, 3.63) is 22.7 Å². The topological polar surface area (TPSA) is 52.1 Å². The van der Waals surface area contributed by atoms with E-state index in [1.807, 2.05) is 12.4 Å². The van der Waals surface area contributed by atoms with Gasteiger partial charge in [0.25, 0.3) is 0 Å². The summed E-state index contributed by atoms with van der Waals surface area (Å²) in [6.07, 6.45) is 9.30. The van der Waals surface area contributed by atoms with E-state index in [1.54, 1.807) is 0 Å². The lowest BCUT2D eigenvalue weighted by atomic mass is 9.53. The molecule has 2 bridgehead atoms. The Hall–Kier alpha value is -0.970. The normalized spacial score (nSPS) is 33.2. The lowest BCUT2D eigenvalue weighted by Gasteiger charge is -2.50. The van der Waals surface area contributed by atoms with Crippen LogP contribution in [0.4, 0.5) is 0 Å². The van der Waals surface area contributed by atoms with Gasteiger partial charge in [0.2, 0.25) is 0 Å². The summed E-state index contributed by atoms with van der Waals surface area (Å²) >= 11 is 3.37. The highest BCUT2D eigenvalue weighted by Crippen LogP contribution is 2.57. The molecule has 0 amide bonds. The maximum atomic E-state index is 12.0. The van der Waals surface area contributed by atoms with Crippen molar-refractivity contribution in [1.82, 2.24) is 9.97 Å². The molecular formula is C14H17BrN2O2. The molecule has 19 heavy (non-hydrogen) atoms. The van der Waals surface area contributed by atoms with Crippen LogP contribution < -0.4 is 0 Å². The summed E-state index contributed by atoms with van der Waals surface area (Å²) in [5, 5.41) is 0. The molecular weight excluding hydrogens is 308 g/mol. The zero-order chi connectivity index (χ0) is 13.5. The fraction of sp³-hybridized carbons (Fsp3) is 0.643. The van der Waals surface area contributed by atoms with Crippen LogP contribution in [0.25, 0.3) is 0 Å². The third-order valence-corrected chi connectivity index (χ3v) is 5.37. The number of halogens is 1. The van der Waals surface area contributed by atoms with Crippen LogP contribution in [0.3, 0.4) is 0 Å². The van der Waals surface area contributed by atoms with E-state index < -0.39 is 0 Å². The van der Waals surface area contributed by atoms with Gasteiger partial charge < -0.3 is 4.74 Å². The van der Waals surface area contributed by atoms with Gasteiger partial charge in [0.1, 0.15) is 5.82 Å². The summed E-state index contributed by atoms with van der Waals surface area (Å²) in [7, 11) is 1.49. The Morgan fingerprint density at radius 1 is 1.16 bits per heavy atom. The van der Waals surface area contributed by atoms with Crippen molar-refractivity contribution in [2.75, 3.05) is 7.11 Å².